The predicted octanol–water partition coefficient (Wildman–Crippen LogP) is 3.72. The third-order valence-corrected chi connectivity index (χ3v) is 3.09. The van der Waals surface area contributed by atoms with Crippen molar-refractivity contribution >= 4 is 21.7 Å². The van der Waals surface area contributed by atoms with E-state index in [1.54, 1.807) is 31.3 Å². The molecule has 0 atom stereocenters. The first-order valence-corrected chi connectivity index (χ1v) is 6.25. The van der Waals surface area contributed by atoms with Gasteiger partial charge in [-0.25, -0.2) is 4.39 Å². The molecule has 2 rings (SSSR count). The van der Waals surface area contributed by atoms with Crippen LogP contribution in [0.25, 0.3) is 0 Å². The zero-order valence-corrected chi connectivity index (χ0v) is 11.4. The van der Waals surface area contributed by atoms with Crippen molar-refractivity contribution in [2.24, 2.45) is 0 Å². The summed E-state index contributed by atoms with van der Waals surface area (Å²) in [7, 11) is 0. The SMILES string of the molecule is Cc1ccc(C(=O)Cc2ccc(Br)cn2)cc1F. The monoisotopic (exact) mass is 307 g/mol. The fraction of sp³-hybridized carbons (Fsp3) is 0.143. The number of ketones is 1. The van der Waals surface area contributed by atoms with Gasteiger partial charge in [0, 0.05) is 21.9 Å². The second kappa shape index (κ2) is 5.40. The maximum absolute atomic E-state index is 13.4. The number of halogens is 2. The number of Topliss-reactive ketones (excluding diaryl/α,β-unsaturated/α-hetero) is 1. The van der Waals surface area contributed by atoms with Crippen molar-refractivity contribution in [3.63, 3.8) is 0 Å². The molecule has 1 aromatic carbocycles. The Labute approximate surface area is 113 Å². The normalized spacial score (nSPS) is 10.4. The van der Waals surface area contributed by atoms with Crippen molar-refractivity contribution in [3.8, 4) is 0 Å². The first-order valence-electron chi connectivity index (χ1n) is 5.46. The summed E-state index contributed by atoms with van der Waals surface area (Å²) in [6.07, 6.45) is 1.81. The van der Waals surface area contributed by atoms with E-state index < -0.39 is 0 Å². The summed E-state index contributed by atoms with van der Waals surface area (Å²) >= 11 is 3.28. The second-order valence-corrected chi connectivity index (χ2v) is 4.95. The number of rotatable bonds is 3. The molecule has 0 saturated carbocycles. The predicted molar refractivity (Wildman–Crippen MR) is 71.1 cm³/mol. The van der Waals surface area contributed by atoms with E-state index >= 15 is 0 Å². The van der Waals surface area contributed by atoms with Gasteiger partial charge >= 0.3 is 0 Å². The van der Waals surface area contributed by atoms with Crippen molar-refractivity contribution < 1.29 is 9.18 Å². The number of carbonyl (C=O) groups excluding carboxylic acids is 1. The highest BCUT2D eigenvalue weighted by Gasteiger charge is 2.09. The Morgan fingerprint density at radius 2 is 2.11 bits per heavy atom. The lowest BCUT2D eigenvalue weighted by molar-refractivity contribution is 0.0991. The summed E-state index contributed by atoms with van der Waals surface area (Å²) < 4.78 is 14.2. The third kappa shape index (κ3) is 3.01. The Balaban J connectivity index is 2.16. The molecule has 18 heavy (non-hydrogen) atoms. The standard InChI is InChI=1S/C14H11BrFNO/c1-9-2-3-10(6-13(9)16)14(18)7-12-5-4-11(15)8-17-12/h2-6,8H,7H2,1H3. The van der Waals surface area contributed by atoms with Gasteiger partial charge in [0.25, 0.3) is 0 Å². The lowest BCUT2D eigenvalue weighted by Gasteiger charge is -2.03. The number of hydrogen-bond acceptors (Lipinski definition) is 2. The van der Waals surface area contributed by atoms with Crippen LogP contribution in [0.15, 0.2) is 41.0 Å². The molecule has 0 unspecified atom stereocenters. The van der Waals surface area contributed by atoms with Gasteiger partial charge in [0.2, 0.25) is 0 Å². The highest BCUT2D eigenvalue weighted by Crippen LogP contribution is 2.13. The molecule has 92 valence electrons. The molecule has 0 saturated heterocycles. The van der Waals surface area contributed by atoms with Gasteiger partial charge in [-0.05, 0) is 46.6 Å². The average molecular weight is 308 g/mol. The Kier molecular flexibility index (Phi) is 3.87. The second-order valence-electron chi connectivity index (χ2n) is 4.03. The zero-order valence-electron chi connectivity index (χ0n) is 9.78. The lowest BCUT2D eigenvalue weighted by Crippen LogP contribution is -2.05. The van der Waals surface area contributed by atoms with E-state index in [4.69, 9.17) is 0 Å². The van der Waals surface area contributed by atoms with E-state index in [-0.39, 0.29) is 18.0 Å². The Hall–Kier alpha value is -1.55. The Morgan fingerprint density at radius 3 is 2.72 bits per heavy atom. The van der Waals surface area contributed by atoms with E-state index in [2.05, 4.69) is 20.9 Å². The van der Waals surface area contributed by atoms with Crippen LogP contribution >= 0.6 is 15.9 Å². The van der Waals surface area contributed by atoms with Crippen molar-refractivity contribution in [3.05, 3.63) is 63.6 Å². The fourth-order valence-electron chi connectivity index (χ4n) is 1.54. The molecule has 0 aliphatic heterocycles. The lowest BCUT2D eigenvalue weighted by atomic mass is 10.0. The molecule has 2 aromatic rings. The molecule has 2 nitrogen and oxygen atoms in total. The van der Waals surface area contributed by atoms with Crippen molar-refractivity contribution in [1.82, 2.24) is 4.98 Å². The molecule has 1 aromatic heterocycles. The maximum atomic E-state index is 13.4. The average Bonchev–Trinajstić information content (AvgIpc) is 2.35. The highest BCUT2D eigenvalue weighted by atomic mass is 79.9. The minimum absolute atomic E-state index is 0.135. The molecule has 0 aliphatic rings. The van der Waals surface area contributed by atoms with Crippen LogP contribution in [-0.2, 0) is 6.42 Å². The van der Waals surface area contributed by atoms with Gasteiger partial charge in [-0.15, -0.1) is 0 Å². The van der Waals surface area contributed by atoms with E-state index in [1.165, 1.54) is 6.07 Å². The van der Waals surface area contributed by atoms with E-state index in [0.717, 1.165) is 4.47 Å². The van der Waals surface area contributed by atoms with E-state index in [1.807, 2.05) is 6.07 Å². The smallest absolute Gasteiger partial charge is 0.168 e. The van der Waals surface area contributed by atoms with Gasteiger partial charge in [0.1, 0.15) is 5.82 Å². The Morgan fingerprint density at radius 1 is 1.33 bits per heavy atom. The van der Waals surface area contributed by atoms with Gasteiger partial charge < -0.3 is 0 Å². The van der Waals surface area contributed by atoms with Crippen LogP contribution in [0.5, 0.6) is 0 Å². The van der Waals surface area contributed by atoms with Gasteiger partial charge in [-0.2, -0.15) is 0 Å². The number of aryl methyl sites for hydroxylation is 1. The molecule has 4 heteroatoms. The van der Waals surface area contributed by atoms with Gasteiger partial charge in [0.05, 0.1) is 6.42 Å². The van der Waals surface area contributed by atoms with Crippen LogP contribution < -0.4 is 0 Å². The van der Waals surface area contributed by atoms with E-state index in [0.29, 0.717) is 16.8 Å². The van der Waals surface area contributed by atoms with Gasteiger partial charge in [0.15, 0.2) is 5.78 Å². The molecule has 0 fully saturated rings. The highest BCUT2D eigenvalue weighted by molar-refractivity contribution is 9.10. The first-order chi connectivity index (χ1) is 8.56. The van der Waals surface area contributed by atoms with Crippen LogP contribution in [0.1, 0.15) is 21.6 Å². The summed E-state index contributed by atoms with van der Waals surface area (Å²) in [6.45, 7) is 1.67. The van der Waals surface area contributed by atoms with Crippen LogP contribution in [0.4, 0.5) is 4.39 Å². The molecule has 0 aliphatic carbocycles. The quantitative estimate of drug-likeness (QED) is 0.809. The van der Waals surface area contributed by atoms with Crippen molar-refractivity contribution in [2.75, 3.05) is 0 Å². The molecule has 0 bridgehead atoms. The van der Waals surface area contributed by atoms with Crippen molar-refractivity contribution in [2.45, 2.75) is 13.3 Å². The third-order valence-electron chi connectivity index (χ3n) is 2.62. The van der Waals surface area contributed by atoms with E-state index in [9.17, 15) is 9.18 Å². The molecule has 0 spiro atoms. The molecule has 0 amide bonds. The fourth-order valence-corrected chi connectivity index (χ4v) is 1.78. The molecule has 0 radical (unpaired) electrons. The molecular formula is C14H11BrFNO. The number of aromatic nitrogens is 1. The molecular weight excluding hydrogens is 297 g/mol. The van der Waals surface area contributed by atoms with Crippen LogP contribution in [0, 0.1) is 12.7 Å². The topological polar surface area (TPSA) is 30.0 Å². The zero-order chi connectivity index (χ0) is 13.1. The maximum Gasteiger partial charge on any atom is 0.168 e. The summed E-state index contributed by atoms with van der Waals surface area (Å²) in [4.78, 5) is 16.1. The van der Waals surface area contributed by atoms with Crippen LogP contribution in [-0.4, -0.2) is 10.8 Å². The van der Waals surface area contributed by atoms with Crippen molar-refractivity contribution in [1.29, 1.82) is 0 Å². The largest absolute Gasteiger partial charge is 0.294 e. The molecule has 0 N–H and O–H groups in total. The minimum Gasteiger partial charge on any atom is -0.294 e. The van der Waals surface area contributed by atoms with Crippen LogP contribution in [0.2, 0.25) is 0 Å². The summed E-state index contributed by atoms with van der Waals surface area (Å²) in [6, 6.07) is 8.12. The van der Waals surface area contributed by atoms with Crippen LogP contribution in [0.3, 0.4) is 0 Å². The number of benzene rings is 1. The summed E-state index contributed by atoms with van der Waals surface area (Å²) in [5.74, 6) is -0.492. The summed E-state index contributed by atoms with van der Waals surface area (Å²) in [5.41, 5.74) is 1.58. The number of pyridine rings is 1. The molecule has 1 heterocycles. The number of hydrogen-bond donors (Lipinski definition) is 0. The van der Waals surface area contributed by atoms with Gasteiger partial charge in [-0.1, -0.05) is 12.1 Å². The minimum atomic E-state index is -0.357. The van der Waals surface area contributed by atoms with Gasteiger partial charge in [-0.3, -0.25) is 9.78 Å². The Bertz CT molecular complexity index is 581. The first kappa shape index (κ1) is 12.9. The number of nitrogens with zero attached hydrogens (tertiary/aromatic N) is 1. The summed E-state index contributed by atoms with van der Waals surface area (Å²) in [5, 5.41) is 0. The number of carbonyl (C=O) groups is 1.